The van der Waals surface area contributed by atoms with Gasteiger partial charge in [-0.2, -0.15) is 0 Å². The van der Waals surface area contributed by atoms with Crippen molar-refractivity contribution in [3.05, 3.63) is 29.8 Å². The van der Waals surface area contributed by atoms with Gasteiger partial charge in [0, 0.05) is 5.56 Å². The normalized spacial score (nSPS) is 16.8. The third kappa shape index (κ3) is 4.87. The Bertz CT molecular complexity index is 577. The lowest BCUT2D eigenvalue weighted by Gasteiger charge is -2.28. The maximum atomic E-state index is 12.2. The molecule has 0 aliphatic heterocycles. The Morgan fingerprint density at radius 3 is 2.22 bits per heavy atom. The zero-order valence-electron chi connectivity index (χ0n) is 12.2. The number of amides is 1. The lowest BCUT2D eigenvalue weighted by molar-refractivity contribution is -0.274. The van der Waals surface area contributed by atoms with Gasteiger partial charge in [-0.1, -0.05) is 12.8 Å². The first-order valence-electron chi connectivity index (χ1n) is 7.09. The average molecular weight is 331 g/mol. The van der Waals surface area contributed by atoms with E-state index in [1.807, 2.05) is 0 Å². The molecule has 1 amide bonds. The predicted octanol–water partition coefficient (Wildman–Crippen LogP) is 3.10. The van der Waals surface area contributed by atoms with Crippen LogP contribution in [0.2, 0.25) is 0 Å². The number of halogens is 3. The van der Waals surface area contributed by atoms with Crippen molar-refractivity contribution < 1.29 is 32.6 Å². The van der Waals surface area contributed by atoms with Crippen LogP contribution in [0.5, 0.6) is 5.75 Å². The van der Waals surface area contributed by atoms with Crippen molar-refractivity contribution in [3.63, 3.8) is 0 Å². The fourth-order valence-electron chi connectivity index (χ4n) is 2.81. The quantitative estimate of drug-likeness (QED) is 0.869. The smallest absolute Gasteiger partial charge is 0.481 e. The number of carbonyl (C=O) groups is 2. The monoisotopic (exact) mass is 331 g/mol. The Balaban J connectivity index is 2.06. The summed E-state index contributed by atoms with van der Waals surface area (Å²) in [4.78, 5) is 23.2. The molecule has 23 heavy (non-hydrogen) atoms. The number of carbonyl (C=O) groups excluding carboxylic acids is 1. The topological polar surface area (TPSA) is 75.6 Å². The van der Waals surface area contributed by atoms with Crippen LogP contribution in [0, 0.1) is 0 Å². The number of alkyl halides is 3. The Kier molecular flexibility index (Phi) is 4.82. The summed E-state index contributed by atoms with van der Waals surface area (Å²) in [6, 6.07) is 4.50. The van der Waals surface area contributed by atoms with Crippen LogP contribution in [0.3, 0.4) is 0 Å². The van der Waals surface area contributed by atoms with Gasteiger partial charge in [0.25, 0.3) is 5.91 Å². The molecule has 0 aromatic heterocycles. The fraction of sp³-hybridized carbons (Fsp3) is 0.467. The van der Waals surface area contributed by atoms with E-state index < -0.39 is 29.5 Å². The summed E-state index contributed by atoms with van der Waals surface area (Å²) < 4.78 is 40.0. The van der Waals surface area contributed by atoms with Gasteiger partial charge in [-0.3, -0.25) is 9.59 Å². The molecule has 0 atom stereocenters. The molecule has 1 aliphatic carbocycles. The summed E-state index contributed by atoms with van der Waals surface area (Å²) in [5.74, 6) is -1.93. The van der Waals surface area contributed by atoms with Crippen LogP contribution in [0.1, 0.15) is 42.5 Å². The zero-order valence-corrected chi connectivity index (χ0v) is 12.2. The first-order chi connectivity index (χ1) is 10.7. The van der Waals surface area contributed by atoms with E-state index in [2.05, 4.69) is 10.1 Å². The van der Waals surface area contributed by atoms with E-state index in [0.29, 0.717) is 12.8 Å². The number of benzene rings is 1. The number of rotatable bonds is 5. The van der Waals surface area contributed by atoms with Crippen molar-refractivity contribution in [2.75, 3.05) is 0 Å². The van der Waals surface area contributed by atoms with Crippen LogP contribution in [-0.4, -0.2) is 28.9 Å². The molecule has 1 fully saturated rings. The van der Waals surface area contributed by atoms with E-state index in [0.717, 1.165) is 25.0 Å². The van der Waals surface area contributed by atoms with Gasteiger partial charge in [-0.05, 0) is 37.1 Å². The standard InChI is InChI=1S/C15H16F3NO4/c16-15(17,18)23-11-5-3-10(4-6-11)13(22)19-14(9-12(20)21)7-1-2-8-14/h3-6H,1-2,7-9H2,(H,19,22)(H,20,21). The Labute approximate surface area is 130 Å². The summed E-state index contributed by atoms with van der Waals surface area (Å²) in [6.07, 6.45) is -2.17. The first kappa shape index (κ1) is 17.1. The van der Waals surface area contributed by atoms with E-state index in [4.69, 9.17) is 5.11 Å². The second-order valence-corrected chi connectivity index (χ2v) is 5.58. The molecule has 5 nitrogen and oxygen atoms in total. The molecule has 8 heteroatoms. The Morgan fingerprint density at radius 1 is 1.17 bits per heavy atom. The van der Waals surface area contributed by atoms with Crippen molar-refractivity contribution in [2.45, 2.75) is 44.0 Å². The molecule has 0 unspecified atom stereocenters. The lowest BCUT2D eigenvalue weighted by atomic mass is 9.92. The third-order valence-corrected chi connectivity index (χ3v) is 3.78. The van der Waals surface area contributed by atoms with Crippen molar-refractivity contribution in [1.29, 1.82) is 0 Å². The van der Waals surface area contributed by atoms with E-state index in [-0.39, 0.29) is 12.0 Å². The number of nitrogens with one attached hydrogen (secondary N) is 1. The van der Waals surface area contributed by atoms with Gasteiger partial charge in [0.15, 0.2) is 0 Å². The molecule has 1 aromatic carbocycles. The SMILES string of the molecule is O=C(O)CC1(NC(=O)c2ccc(OC(F)(F)F)cc2)CCCC1. The maximum absolute atomic E-state index is 12.2. The van der Waals surface area contributed by atoms with Crippen molar-refractivity contribution in [1.82, 2.24) is 5.32 Å². The lowest BCUT2D eigenvalue weighted by Crippen LogP contribution is -2.47. The van der Waals surface area contributed by atoms with Crippen LogP contribution in [-0.2, 0) is 4.79 Å². The fourth-order valence-corrected chi connectivity index (χ4v) is 2.81. The average Bonchev–Trinajstić information content (AvgIpc) is 2.84. The maximum Gasteiger partial charge on any atom is 0.573 e. The molecule has 0 radical (unpaired) electrons. The van der Waals surface area contributed by atoms with Gasteiger partial charge in [0.2, 0.25) is 0 Å². The first-order valence-corrected chi connectivity index (χ1v) is 7.09. The third-order valence-electron chi connectivity index (χ3n) is 3.78. The number of hydrogen-bond donors (Lipinski definition) is 2. The minimum atomic E-state index is -4.79. The molecular formula is C15H16F3NO4. The molecule has 1 aliphatic rings. The summed E-state index contributed by atoms with van der Waals surface area (Å²) in [7, 11) is 0. The zero-order chi connectivity index (χ0) is 17.1. The second-order valence-electron chi connectivity index (χ2n) is 5.58. The van der Waals surface area contributed by atoms with Gasteiger partial charge in [-0.25, -0.2) is 0 Å². The van der Waals surface area contributed by atoms with E-state index in [1.54, 1.807) is 0 Å². The minimum absolute atomic E-state index is 0.149. The number of ether oxygens (including phenoxy) is 1. The number of aliphatic carboxylic acids is 1. The van der Waals surface area contributed by atoms with E-state index in [1.165, 1.54) is 12.1 Å². The van der Waals surface area contributed by atoms with Gasteiger partial charge in [-0.15, -0.1) is 13.2 Å². The molecular weight excluding hydrogens is 315 g/mol. The summed E-state index contributed by atoms with van der Waals surface area (Å²) in [5, 5.41) is 11.7. The van der Waals surface area contributed by atoms with Gasteiger partial charge < -0.3 is 15.2 Å². The highest BCUT2D eigenvalue weighted by molar-refractivity contribution is 5.95. The predicted molar refractivity (Wildman–Crippen MR) is 74.0 cm³/mol. The van der Waals surface area contributed by atoms with Crippen LogP contribution in [0.4, 0.5) is 13.2 Å². The number of carboxylic acids is 1. The van der Waals surface area contributed by atoms with Crippen molar-refractivity contribution >= 4 is 11.9 Å². The van der Waals surface area contributed by atoms with Crippen LogP contribution < -0.4 is 10.1 Å². The summed E-state index contributed by atoms with van der Waals surface area (Å²) in [5.41, 5.74) is -0.638. The van der Waals surface area contributed by atoms with Crippen molar-refractivity contribution in [2.24, 2.45) is 0 Å². The molecule has 0 heterocycles. The highest BCUT2D eigenvalue weighted by Gasteiger charge is 2.37. The van der Waals surface area contributed by atoms with Crippen LogP contribution in [0.25, 0.3) is 0 Å². The highest BCUT2D eigenvalue weighted by Crippen LogP contribution is 2.33. The molecule has 0 spiro atoms. The van der Waals surface area contributed by atoms with Gasteiger partial charge in [0.05, 0.1) is 12.0 Å². The van der Waals surface area contributed by atoms with Gasteiger partial charge >= 0.3 is 12.3 Å². The van der Waals surface area contributed by atoms with Crippen LogP contribution in [0.15, 0.2) is 24.3 Å². The Hall–Kier alpha value is -2.25. The van der Waals surface area contributed by atoms with Gasteiger partial charge in [0.1, 0.15) is 5.75 Å². The number of hydrogen-bond acceptors (Lipinski definition) is 3. The highest BCUT2D eigenvalue weighted by atomic mass is 19.4. The number of carboxylic acid groups (broad SMARTS) is 1. The Morgan fingerprint density at radius 2 is 1.74 bits per heavy atom. The molecule has 1 aromatic rings. The largest absolute Gasteiger partial charge is 0.573 e. The minimum Gasteiger partial charge on any atom is -0.481 e. The molecule has 0 saturated heterocycles. The molecule has 2 N–H and O–H groups in total. The molecule has 0 bridgehead atoms. The van der Waals surface area contributed by atoms with E-state index in [9.17, 15) is 22.8 Å². The molecule has 2 rings (SSSR count). The molecule has 126 valence electrons. The summed E-state index contributed by atoms with van der Waals surface area (Å²) in [6.45, 7) is 0. The molecule has 1 saturated carbocycles. The second kappa shape index (κ2) is 6.47. The van der Waals surface area contributed by atoms with E-state index >= 15 is 0 Å². The van der Waals surface area contributed by atoms with Crippen LogP contribution >= 0.6 is 0 Å². The summed E-state index contributed by atoms with van der Waals surface area (Å²) >= 11 is 0. The van der Waals surface area contributed by atoms with Crippen molar-refractivity contribution in [3.8, 4) is 5.75 Å².